The summed E-state index contributed by atoms with van der Waals surface area (Å²) < 4.78 is 0. The van der Waals surface area contributed by atoms with Crippen LogP contribution in [0.3, 0.4) is 0 Å². The van der Waals surface area contributed by atoms with Crippen LogP contribution in [-0.4, -0.2) is 15.7 Å². The van der Waals surface area contributed by atoms with Crippen LogP contribution < -0.4 is 0 Å². The zero-order chi connectivity index (χ0) is 15.4. The van der Waals surface area contributed by atoms with Gasteiger partial charge in [-0.25, -0.2) is 0 Å². The minimum atomic E-state index is -1.09. The van der Waals surface area contributed by atoms with Crippen molar-refractivity contribution in [3.05, 3.63) is 69.5 Å². The molecule has 21 heavy (non-hydrogen) atoms. The van der Waals surface area contributed by atoms with Gasteiger partial charge in [0.05, 0.1) is 16.6 Å². The molecule has 0 spiro atoms. The lowest BCUT2D eigenvalue weighted by Gasteiger charge is -2.09. The molecular formula is C15H11N3O3. The first-order valence-electron chi connectivity index (χ1n) is 6.13. The normalized spacial score (nSPS) is 11.4. The highest BCUT2D eigenvalue weighted by Gasteiger charge is 2.28. The van der Waals surface area contributed by atoms with Crippen LogP contribution in [-0.2, 0) is 0 Å². The molecule has 1 unspecified atom stereocenters. The minimum Gasteiger partial charge on any atom is -0.292 e. The van der Waals surface area contributed by atoms with Crippen LogP contribution >= 0.6 is 0 Å². The van der Waals surface area contributed by atoms with Crippen molar-refractivity contribution >= 4 is 11.5 Å². The molecule has 1 heterocycles. The van der Waals surface area contributed by atoms with Crippen LogP contribution in [0.25, 0.3) is 0 Å². The number of carbonyl (C=O) groups is 1. The van der Waals surface area contributed by atoms with Crippen molar-refractivity contribution in [2.24, 2.45) is 0 Å². The van der Waals surface area contributed by atoms with Crippen LogP contribution in [0.1, 0.15) is 27.4 Å². The predicted molar refractivity (Wildman–Crippen MR) is 74.8 cm³/mol. The Morgan fingerprint density at radius 3 is 2.57 bits per heavy atom. The number of nitro groups is 1. The minimum absolute atomic E-state index is 0.0524. The van der Waals surface area contributed by atoms with Gasteiger partial charge in [-0.1, -0.05) is 6.07 Å². The van der Waals surface area contributed by atoms with Crippen molar-refractivity contribution < 1.29 is 9.72 Å². The number of pyridine rings is 1. The maximum Gasteiger partial charge on any atom is 0.280 e. The van der Waals surface area contributed by atoms with Gasteiger partial charge in [0, 0.05) is 18.5 Å². The molecule has 104 valence electrons. The van der Waals surface area contributed by atoms with E-state index in [1.807, 2.05) is 6.07 Å². The maximum absolute atomic E-state index is 12.5. The van der Waals surface area contributed by atoms with Crippen molar-refractivity contribution in [3.63, 3.8) is 0 Å². The fraction of sp³-hybridized carbons (Fsp3) is 0.133. The van der Waals surface area contributed by atoms with Crippen molar-refractivity contribution in [3.8, 4) is 6.07 Å². The van der Waals surface area contributed by atoms with E-state index in [2.05, 4.69) is 4.98 Å². The summed E-state index contributed by atoms with van der Waals surface area (Å²) in [5.74, 6) is -1.67. The lowest BCUT2D eigenvalue weighted by atomic mass is 9.91. The molecule has 2 rings (SSSR count). The quantitative estimate of drug-likeness (QED) is 0.487. The van der Waals surface area contributed by atoms with E-state index in [9.17, 15) is 20.2 Å². The second kappa shape index (κ2) is 5.92. The van der Waals surface area contributed by atoms with E-state index in [0.29, 0.717) is 5.56 Å². The van der Waals surface area contributed by atoms with Crippen molar-refractivity contribution in [1.82, 2.24) is 4.98 Å². The summed E-state index contributed by atoms with van der Waals surface area (Å²) in [6, 6.07) is 9.28. The number of nitro benzene ring substituents is 1. The molecule has 0 radical (unpaired) electrons. The third-order valence-corrected chi connectivity index (χ3v) is 3.04. The molecular weight excluding hydrogens is 270 g/mol. The van der Waals surface area contributed by atoms with E-state index < -0.39 is 16.6 Å². The van der Waals surface area contributed by atoms with Crippen LogP contribution in [0.5, 0.6) is 0 Å². The molecule has 0 aliphatic carbocycles. The number of rotatable bonds is 4. The summed E-state index contributed by atoms with van der Waals surface area (Å²) in [6.07, 6.45) is 2.94. The third-order valence-electron chi connectivity index (χ3n) is 3.04. The average molecular weight is 281 g/mol. The Kier molecular flexibility index (Phi) is 4.05. The number of hydrogen-bond donors (Lipinski definition) is 0. The van der Waals surface area contributed by atoms with Crippen LogP contribution in [0.15, 0.2) is 42.7 Å². The number of aromatic nitrogens is 1. The van der Waals surface area contributed by atoms with Gasteiger partial charge >= 0.3 is 0 Å². The Bertz CT molecular complexity index is 736. The van der Waals surface area contributed by atoms with Gasteiger partial charge in [0.15, 0.2) is 5.78 Å². The van der Waals surface area contributed by atoms with E-state index in [-0.39, 0.29) is 11.3 Å². The largest absolute Gasteiger partial charge is 0.292 e. The average Bonchev–Trinajstić information content (AvgIpc) is 2.48. The van der Waals surface area contributed by atoms with Gasteiger partial charge in [-0.15, -0.1) is 0 Å². The van der Waals surface area contributed by atoms with Gasteiger partial charge in [-0.2, -0.15) is 5.26 Å². The summed E-state index contributed by atoms with van der Waals surface area (Å²) in [5, 5.41) is 20.3. The van der Waals surface area contributed by atoms with E-state index >= 15 is 0 Å². The molecule has 1 atom stereocenters. The topological polar surface area (TPSA) is 96.9 Å². The second-order valence-electron chi connectivity index (χ2n) is 4.48. The molecule has 0 bridgehead atoms. The summed E-state index contributed by atoms with van der Waals surface area (Å²) in [5.41, 5.74) is 0.840. The number of nitriles is 1. The first-order valence-corrected chi connectivity index (χ1v) is 6.13. The Labute approximate surface area is 120 Å². The van der Waals surface area contributed by atoms with Gasteiger partial charge in [0.2, 0.25) is 0 Å². The highest BCUT2D eigenvalue weighted by Crippen LogP contribution is 2.27. The number of hydrogen-bond acceptors (Lipinski definition) is 5. The van der Waals surface area contributed by atoms with Crippen molar-refractivity contribution in [1.29, 1.82) is 5.26 Å². The van der Waals surface area contributed by atoms with Gasteiger partial charge in [0.1, 0.15) is 5.92 Å². The molecule has 0 aliphatic rings. The first-order chi connectivity index (χ1) is 10.0. The Hall–Kier alpha value is -3.07. The molecule has 0 aliphatic heterocycles. The lowest BCUT2D eigenvalue weighted by molar-refractivity contribution is -0.385. The van der Waals surface area contributed by atoms with E-state index in [0.717, 1.165) is 5.56 Å². The zero-order valence-electron chi connectivity index (χ0n) is 11.2. The molecule has 2 aromatic rings. The SMILES string of the molecule is Cc1ccc([N+](=O)[O-])c(C(=O)C(C#N)c2ccncc2)c1. The Morgan fingerprint density at radius 1 is 1.33 bits per heavy atom. The van der Waals surface area contributed by atoms with E-state index in [4.69, 9.17) is 0 Å². The number of ketones is 1. The van der Waals surface area contributed by atoms with Crippen molar-refractivity contribution in [2.75, 3.05) is 0 Å². The highest BCUT2D eigenvalue weighted by atomic mass is 16.6. The monoisotopic (exact) mass is 281 g/mol. The number of aryl methyl sites for hydroxylation is 1. The summed E-state index contributed by atoms with van der Waals surface area (Å²) >= 11 is 0. The molecule has 0 saturated heterocycles. The zero-order valence-corrected chi connectivity index (χ0v) is 11.2. The molecule has 0 fully saturated rings. The molecule has 1 aromatic heterocycles. The molecule has 0 N–H and O–H groups in total. The first kappa shape index (κ1) is 14.3. The molecule has 1 aromatic carbocycles. The standard InChI is InChI=1S/C15H11N3O3/c1-10-2-3-14(18(20)21)12(8-10)15(19)13(9-16)11-4-6-17-7-5-11/h2-8,13H,1H3. The fourth-order valence-corrected chi connectivity index (χ4v) is 2.00. The van der Waals surface area contributed by atoms with Gasteiger partial charge in [-0.05, 0) is 36.2 Å². The number of nitrogens with zero attached hydrogens (tertiary/aromatic N) is 3. The second-order valence-corrected chi connectivity index (χ2v) is 4.48. The van der Waals surface area contributed by atoms with Gasteiger partial charge in [0.25, 0.3) is 5.69 Å². The number of benzene rings is 1. The van der Waals surface area contributed by atoms with Crippen molar-refractivity contribution in [2.45, 2.75) is 12.8 Å². The summed E-state index contributed by atoms with van der Waals surface area (Å²) in [4.78, 5) is 26.8. The fourth-order valence-electron chi connectivity index (χ4n) is 2.00. The Morgan fingerprint density at radius 2 is 2.00 bits per heavy atom. The van der Waals surface area contributed by atoms with Crippen LogP contribution in [0, 0.1) is 28.4 Å². The van der Waals surface area contributed by atoms with Crippen LogP contribution in [0.2, 0.25) is 0 Å². The van der Waals surface area contributed by atoms with Gasteiger partial charge < -0.3 is 0 Å². The highest BCUT2D eigenvalue weighted by molar-refractivity contribution is 6.05. The van der Waals surface area contributed by atoms with E-state index in [1.54, 1.807) is 25.1 Å². The summed E-state index contributed by atoms with van der Waals surface area (Å²) in [6.45, 7) is 1.73. The Balaban J connectivity index is 2.51. The molecule has 0 amide bonds. The maximum atomic E-state index is 12.5. The lowest BCUT2D eigenvalue weighted by Crippen LogP contribution is -2.13. The molecule has 6 nitrogen and oxygen atoms in total. The van der Waals surface area contributed by atoms with Gasteiger partial charge in [-0.3, -0.25) is 19.9 Å². The van der Waals surface area contributed by atoms with Crippen LogP contribution in [0.4, 0.5) is 5.69 Å². The molecule has 0 saturated carbocycles. The summed E-state index contributed by atoms with van der Waals surface area (Å²) in [7, 11) is 0. The predicted octanol–water partition coefficient (Wildman–Crippen LogP) is 2.79. The smallest absolute Gasteiger partial charge is 0.280 e. The van der Waals surface area contributed by atoms with E-state index in [1.165, 1.54) is 24.5 Å². The molecule has 6 heteroatoms. The number of carbonyl (C=O) groups excluding carboxylic acids is 1. The number of Topliss-reactive ketones (excluding diaryl/α,β-unsaturated/α-hetero) is 1. The third kappa shape index (κ3) is 2.92.